The molecule has 0 radical (unpaired) electrons. The molecule has 1 aromatic rings. The van der Waals surface area contributed by atoms with E-state index in [0.29, 0.717) is 18.2 Å². The second-order valence-corrected chi connectivity index (χ2v) is 4.66. The van der Waals surface area contributed by atoms with E-state index in [-0.39, 0.29) is 6.61 Å². The first-order valence-electron chi connectivity index (χ1n) is 6.68. The molecule has 4 N–H and O–H groups in total. The van der Waals surface area contributed by atoms with E-state index in [1.807, 2.05) is 6.07 Å². The number of nitrogens with one attached hydrogen (secondary N) is 1. The maximum Gasteiger partial charge on any atom is 0.158 e. The summed E-state index contributed by atoms with van der Waals surface area (Å²) in [5.74, 6) is 7.48. The average molecular weight is 282 g/mol. The Kier molecular flexibility index (Phi) is 5.48. The van der Waals surface area contributed by atoms with Crippen molar-refractivity contribution in [3.8, 4) is 0 Å². The lowest BCUT2D eigenvalue weighted by Crippen LogP contribution is -2.47. The van der Waals surface area contributed by atoms with E-state index < -0.39 is 0 Å². The van der Waals surface area contributed by atoms with E-state index in [0.717, 1.165) is 38.5 Å². The molecule has 2 rings (SSSR count). The second kappa shape index (κ2) is 7.34. The number of aliphatic hydroxyl groups excluding tert-OH is 1. The van der Waals surface area contributed by atoms with Gasteiger partial charge >= 0.3 is 0 Å². The number of aromatic nitrogens is 2. The van der Waals surface area contributed by atoms with E-state index in [1.54, 1.807) is 7.11 Å². The van der Waals surface area contributed by atoms with E-state index in [4.69, 9.17) is 15.7 Å². The van der Waals surface area contributed by atoms with Gasteiger partial charge in [-0.05, 0) is 0 Å². The van der Waals surface area contributed by atoms with Crippen LogP contribution in [0.4, 0.5) is 11.6 Å². The molecule has 0 aromatic carbocycles. The van der Waals surface area contributed by atoms with E-state index >= 15 is 0 Å². The van der Waals surface area contributed by atoms with Crippen LogP contribution >= 0.6 is 0 Å². The molecule has 1 fully saturated rings. The first-order valence-corrected chi connectivity index (χ1v) is 6.68. The topological polar surface area (TPSA) is 99.8 Å². The van der Waals surface area contributed by atoms with Crippen LogP contribution in [0.5, 0.6) is 0 Å². The zero-order chi connectivity index (χ0) is 14.4. The largest absolute Gasteiger partial charge is 0.395 e. The van der Waals surface area contributed by atoms with Crippen LogP contribution in [-0.4, -0.2) is 66.4 Å². The molecule has 2 heterocycles. The number of anilines is 2. The van der Waals surface area contributed by atoms with Crippen molar-refractivity contribution in [2.45, 2.75) is 6.61 Å². The van der Waals surface area contributed by atoms with Gasteiger partial charge in [-0.3, -0.25) is 4.90 Å². The van der Waals surface area contributed by atoms with Crippen molar-refractivity contribution in [2.24, 2.45) is 5.84 Å². The Morgan fingerprint density at radius 2 is 2.10 bits per heavy atom. The molecule has 0 amide bonds. The minimum atomic E-state index is 0.201. The summed E-state index contributed by atoms with van der Waals surface area (Å²) in [5, 5.41) is 8.95. The van der Waals surface area contributed by atoms with Crippen molar-refractivity contribution < 1.29 is 9.84 Å². The van der Waals surface area contributed by atoms with Gasteiger partial charge < -0.3 is 20.2 Å². The number of ether oxygens (including phenoxy) is 1. The van der Waals surface area contributed by atoms with Crippen molar-refractivity contribution in [3.63, 3.8) is 0 Å². The molecule has 1 saturated heterocycles. The number of hydrogen-bond acceptors (Lipinski definition) is 8. The molecule has 0 unspecified atom stereocenters. The lowest BCUT2D eigenvalue weighted by Gasteiger charge is -2.35. The van der Waals surface area contributed by atoms with Gasteiger partial charge in [0.15, 0.2) is 5.82 Å². The molecule has 0 aliphatic carbocycles. The Morgan fingerprint density at radius 1 is 1.35 bits per heavy atom. The molecular formula is C12H22N6O2. The van der Waals surface area contributed by atoms with Crippen LogP contribution in [0.2, 0.25) is 0 Å². The minimum Gasteiger partial charge on any atom is -0.395 e. The molecule has 1 aliphatic heterocycles. The third-order valence-electron chi connectivity index (χ3n) is 3.29. The summed E-state index contributed by atoms with van der Waals surface area (Å²) in [5.41, 5.74) is 2.56. The Balaban J connectivity index is 2.06. The first-order chi connectivity index (χ1) is 9.76. The Bertz CT molecular complexity index is 422. The number of aliphatic hydroxyl groups is 1. The van der Waals surface area contributed by atoms with E-state index in [2.05, 4.69) is 25.2 Å². The summed E-state index contributed by atoms with van der Waals surface area (Å²) in [7, 11) is 1.61. The molecule has 112 valence electrons. The lowest BCUT2D eigenvalue weighted by molar-refractivity contribution is 0.177. The van der Waals surface area contributed by atoms with Crippen molar-refractivity contribution >= 4 is 11.6 Å². The monoisotopic (exact) mass is 282 g/mol. The molecule has 1 aliphatic rings. The number of methoxy groups -OCH3 is 1. The summed E-state index contributed by atoms with van der Waals surface area (Å²) in [6, 6.07) is 1.83. The first kappa shape index (κ1) is 14.9. The number of nitrogens with zero attached hydrogens (tertiary/aromatic N) is 4. The van der Waals surface area contributed by atoms with Crippen molar-refractivity contribution in [1.29, 1.82) is 0 Å². The molecule has 8 heteroatoms. The fourth-order valence-corrected chi connectivity index (χ4v) is 2.25. The zero-order valence-electron chi connectivity index (χ0n) is 11.7. The van der Waals surface area contributed by atoms with Gasteiger partial charge in [-0.15, -0.1) is 0 Å². The predicted octanol–water partition coefficient (Wildman–Crippen LogP) is -0.977. The van der Waals surface area contributed by atoms with Gasteiger partial charge in [0, 0.05) is 45.9 Å². The van der Waals surface area contributed by atoms with Gasteiger partial charge in [-0.2, -0.15) is 0 Å². The number of nitrogens with two attached hydrogens (primary N) is 1. The number of hydrogen-bond donors (Lipinski definition) is 3. The standard InChI is InChI=1S/C12H22N6O2/c1-20-9-11-14-10(16-13)8-12(15-11)18-4-2-17(3-5-18)6-7-19/h8,19H,2-7,9,13H2,1H3,(H,14,15,16). The minimum absolute atomic E-state index is 0.201. The second-order valence-electron chi connectivity index (χ2n) is 4.66. The Labute approximate surface area is 118 Å². The smallest absolute Gasteiger partial charge is 0.158 e. The van der Waals surface area contributed by atoms with Crippen molar-refractivity contribution in [3.05, 3.63) is 11.9 Å². The third kappa shape index (κ3) is 3.76. The molecule has 20 heavy (non-hydrogen) atoms. The highest BCUT2D eigenvalue weighted by Crippen LogP contribution is 2.17. The fraction of sp³-hybridized carbons (Fsp3) is 0.667. The van der Waals surface area contributed by atoms with Gasteiger partial charge in [0.25, 0.3) is 0 Å². The van der Waals surface area contributed by atoms with Gasteiger partial charge in [0.1, 0.15) is 18.2 Å². The summed E-state index contributed by atoms with van der Waals surface area (Å²) in [4.78, 5) is 13.2. The van der Waals surface area contributed by atoms with Gasteiger partial charge in [-0.1, -0.05) is 0 Å². The molecule has 0 atom stereocenters. The van der Waals surface area contributed by atoms with Crippen LogP contribution in [0.15, 0.2) is 6.07 Å². The van der Waals surface area contributed by atoms with Crippen LogP contribution < -0.4 is 16.2 Å². The maximum atomic E-state index is 8.95. The van der Waals surface area contributed by atoms with Crippen molar-refractivity contribution in [2.75, 3.05) is 56.8 Å². The van der Waals surface area contributed by atoms with Crippen LogP contribution in [0.25, 0.3) is 0 Å². The van der Waals surface area contributed by atoms with Crippen LogP contribution in [0.1, 0.15) is 5.82 Å². The highest BCUT2D eigenvalue weighted by atomic mass is 16.5. The fourth-order valence-electron chi connectivity index (χ4n) is 2.25. The summed E-state index contributed by atoms with van der Waals surface area (Å²) in [6.07, 6.45) is 0. The zero-order valence-corrected chi connectivity index (χ0v) is 11.7. The summed E-state index contributed by atoms with van der Waals surface area (Å²) >= 11 is 0. The number of nitrogen functional groups attached to an aromatic ring is 1. The molecule has 0 bridgehead atoms. The van der Waals surface area contributed by atoms with Crippen molar-refractivity contribution in [1.82, 2.24) is 14.9 Å². The number of rotatable bonds is 6. The number of β-amino-alcohol motifs (C(OH)–C–C–N with tert-alkyl or cyclic N) is 1. The normalized spacial score (nSPS) is 16.4. The summed E-state index contributed by atoms with van der Waals surface area (Å²) < 4.78 is 5.07. The number of hydrazine groups is 1. The predicted molar refractivity (Wildman–Crippen MR) is 76.3 cm³/mol. The quantitative estimate of drug-likeness (QED) is 0.452. The van der Waals surface area contributed by atoms with Gasteiger partial charge in [-0.25, -0.2) is 15.8 Å². The summed E-state index contributed by atoms with van der Waals surface area (Å²) in [6.45, 7) is 4.84. The molecule has 1 aromatic heterocycles. The highest BCUT2D eigenvalue weighted by molar-refractivity contribution is 5.49. The molecule has 8 nitrogen and oxygen atoms in total. The number of piperazine rings is 1. The van der Waals surface area contributed by atoms with Crippen LogP contribution in [0.3, 0.4) is 0 Å². The SMILES string of the molecule is COCc1nc(NN)cc(N2CCN(CCO)CC2)n1. The van der Waals surface area contributed by atoms with Gasteiger partial charge in [0.2, 0.25) is 0 Å². The van der Waals surface area contributed by atoms with Crippen LogP contribution in [0, 0.1) is 0 Å². The highest BCUT2D eigenvalue weighted by Gasteiger charge is 2.18. The van der Waals surface area contributed by atoms with Gasteiger partial charge in [0.05, 0.1) is 6.61 Å². The average Bonchev–Trinajstić information content (AvgIpc) is 2.48. The molecular weight excluding hydrogens is 260 g/mol. The Morgan fingerprint density at radius 3 is 2.70 bits per heavy atom. The van der Waals surface area contributed by atoms with E-state index in [9.17, 15) is 0 Å². The van der Waals surface area contributed by atoms with E-state index in [1.165, 1.54) is 0 Å². The maximum absolute atomic E-state index is 8.95. The lowest BCUT2D eigenvalue weighted by atomic mass is 10.3. The Hall–Kier alpha value is -1.48. The third-order valence-corrected chi connectivity index (χ3v) is 3.29. The molecule has 0 spiro atoms. The van der Waals surface area contributed by atoms with Crippen LogP contribution in [-0.2, 0) is 11.3 Å². The molecule has 0 saturated carbocycles.